The highest BCUT2D eigenvalue weighted by Gasteiger charge is 2.21. The Morgan fingerprint density at radius 2 is 2.00 bits per heavy atom. The Hall–Kier alpha value is -1.56. The van der Waals surface area contributed by atoms with Gasteiger partial charge in [0.2, 0.25) is 0 Å². The summed E-state index contributed by atoms with van der Waals surface area (Å²) in [6, 6.07) is -0.350. The fourth-order valence-corrected chi connectivity index (χ4v) is 2.37. The van der Waals surface area contributed by atoms with Crippen LogP contribution in [0.4, 0.5) is 9.80 Å². The number of hydrogen-bond donors (Lipinski definition) is 2. The monoisotopic (exact) mass is 256 g/mol. The summed E-state index contributed by atoms with van der Waals surface area (Å²) < 4.78 is 4.97. The van der Waals surface area contributed by atoms with Gasteiger partial charge in [-0.05, 0) is 26.3 Å². The first kappa shape index (κ1) is 13.5. The van der Waals surface area contributed by atoms with Gasteiger partial charge in [0.05, 0.1) is 12.2 Å². The Bertz CT molecular complexity index is 440. The van der Waals surface area contributed by atoms with Gasteiger partial charge in [-0.15, -0.1) is 11.3 Å². The van der Waals surface area contributed by atoms with Crippen molar-refractivity contribution in [3.8, 4) is 0 Å². The average Bonchev–Trinajstić information content (AvgIpc) is 2.54. The number of rotatable bonds is 3. The molecule has 1 rings (SSSR count). The molecule has 94 valence electrons. The summed E-state index contributed by atoms with van der Waals surface area (Å²) in [6.45, 7) is 5.80. The van der Waals surface area contributed by atoms with Crippen LogP contribution in [0.5, 0.6) is 0 Å². The second-order valence-electron chi connectivity index (χ2n) is 3.41. The van der Waals surface area contributed by atoms with E-state index >= 15 is 0 Å². The summed E-state index contributed by atoms with van der Waals surface area (Å²) in [7, 11) is 1.52. The normalized spacial score (nSPS) is 9.88. The smallest absolute Gasteiger partial charge is 0.341 e. The molecular weight excluding hydrogens is 240 g/mol. The molecule has 0 aliphatic heterocycles. The quantitative estimate of drug-likeness (QED) is 0.815. The Morgan fingerprint density at radius 3 is 2.53 bits per heavy atom. The third kappa shape index (κ3) is 2.97. The third-order valence-corrected chi connectivity index (χ3v) is 3.44. The zero-order valence-corrected chi connectivity index (χ0v) is 11.2. The van der Waals surface area contributed by atoms with Crippen LogP contribution in [0.2, 0.25) is 0 Å². The van der Waals surface area contributed by atoms with Crippen molar-refractivity contribution >= 4 is 28.3 Å². The molecule has 2 N–H and O–H groups in total. The van der Waals surface area contributed by atoms with Crippen molar-refractivity contribution in [3.05, 3.63) is 16.0 Å². The zero-order chi connectivity index (χ0) is 13.0. The van der Waals surface area contributed by atoms with Crippen LogP contribution in [-0.4, -0.2) is 25.7 Å². The molecule has 0 saturated carbocycles. The molecule has 17 heavy (non-hydrogen) atoms. The van der Waals surface area contributed by atoms with Gasteiger partial charge in [-0.2, -0.15) is 0 Å². The lowest BCUT2D eigenvalue weighted by molar-refractivity contribution is 0.0527. The van der Waals surface area contributed by atoms with Gasteiger partial charge in [0.25, 0.3) is 0 Å². The standard InChI is InChI=1S/C11H16N2O3S/c1-5-16-10(14)8-6(2)7(3)17-9(8)13-11(15)12-4/h5H2,1-4H3,(H2,12,13,15). The van der Waals surface area contributed by atoms with E-state index in [1.165, 1.54) is 18.4 Å². The van der Waals surface area contributed by atoms with Crippen LogP contribution in [0.1, 0.15) is 27.7 Å². The maximum Gasteiger partial charge on any atom is 0.341 e. The summed E-state index contributed by atoms with van der Waals surface area (Å²) in [5.41, 5.74) is 1.29. The lowest BCUT2D eigenvalue weighted by Gasteiger charge is -2.06. The van der Waals surface area contributed by atoms with Crippen LogP contribution < -0.4 is 10.6 Å². The first-order valence-corrected chi connectivity index (χ1v) is 6.08. The minimum Gasteiger partial charge on any atom is -0.462 e. The molecule has 0 radical (unpaired) electrons. The maximum atomic E-state index is 11.8. The summed E-state index contributed by atoms with van der Waals surface area (Å²) in [6.07, 6.45) is 0. The second-order valence-corrected chi connectivity index (χ2v) is 4.64. The van der Waals surface area contributed by atoms with Crippen LogP contribution in [0, 0.1) is 13.8 Å². The number of carbonyl (C=O) groups excluding carboxylic acids is 2. The average molecular weight is 256 g/mol. The Labute approximate surface area is 104 Å². The van der Waals surface area contributed by atoms with Gasteiger partial charge in [-0.25, -0.2) is 9.59 Å². The number of carbonyl (C=O) groups is 2. The van der Waals surface area contributed by atoms with E-state index in [-0.39, 0.29) is 6.03 Å². The van der Waals surface area contributed by atoms with Gasteiger partial charge in [0.15, 0.2) is 0 Å². The Balaban J connectivity index is 3.08. The first-order valence-electron chi connectivity index (χ1n) is 5.27. The van der Waals surface area contributed by atoms with Gasteiger partial charge in [-0.1, -0.05) is 0 Å². The molecular formula is C11H16N2O3S. The van der Waals surface area contributed by atoms with Gasteiger partial charge in [0.1, 0.15) is 5.00 Å². The van der Waals surface area contributed by atoms with Crippen molar-refractivity contribution in [1.82, 2.24) is 5.32 Å². The van der Waals surface area contributed by atoms with Crippen molar-refractivity contribution in [2.24, 2.45) is 0 Å². The molecule has 1 aromatic heterocycles. The first-order chi connectivity index (χ1) is 8.01. The van der Waals surface area contributed by atoms with E-state index in [9.17, 15) is 9.59 Å². The van der Waals surface area contributed by atoms with E-state index in [2.05, 4.69) is 10.6 Å². The molecule has 0 aromatic carbocycles. The van der Waals surface area contributed by atoms with Crippen LogP contribution in [-0.2, 0) is 4.74 Å². The van der Waals surface area contributed by atoms with E-state index in [1.807, 2.05) is 13.8 Å². The van der Waals surface area contributed by atoms with Gasteiger partial charge in [-0.3, -0.25) is 5.32 Å². The molecule has 6 heteroatoms. The maximum absolute atomic E-state index is 11.8. The van der Waals surface area contributed by atoms with Crippen molar-refractivity contribution in [2.75, 3.05) is 19.0 Å². The van der Waals surface area contributed by atoms with Crippen LogP contribution in [0.15, 0.2) is 0 Å². The summed E-state index contributed by atoms with van der Waals surface area (Å²) >= 11 is 1.37. The van der Waals surface area contributed by atoms with Crippen molar-refractivity contribution in [3.63, 3.8) is 0 Å². The summed E-state index contributed by atoms with van der Waals surface area (Å²) in [5.74, 6) is -0.402. The fraction of sp³-hybridized carbons (Fsp3) is 0.455. The van der Waals surface area contributed by atoms with Gasteiger partial charge in [0, 0.05) is 11.9 Å². The Morgan fingerprint density at radius 1 is 1.35 bits per heavy atom. The minimum atomic E-state index is -0.402. The number of ether oxygens (including phenoxy) is 1. The lowest BCUT2D eigenvalue weighted by Crippen LogP contribution is -2.25. The number of hydrogen-bond acceptors (Lipinski definition) is 4. The molecule has 5 nitrogen and oxygen atoms in total. The highest BCUT2D eigenvalue weighted by atomic mass is 32.1. The molecule has 0 unspecified atom stereocenters. The van der Waals surface area contributed by atoms with Crippen LogP contribution in [0.3, 0.4) is 0 Å². The van der Waals surface area contributed by atoms with E-state index in [4.69, 9.17) is 4.74 Å². The van der Waals surface area contributed by atoms with E-state index < -0.39 is 5.97 Å². The highest BCUT2D eigenvalue weighted by Crippen LogP contribution is 2.32. The van der Waals surface area contributed by atoms with E-state index in [0.717, 1.165) is 10.4 Å². The van der Waals surface area contributed by atoms with Gasteiger partial charge >= 0.3 is 12.0 Å². The number of urea groups is 1. The van der Waals surface area contributed by atoms with Crippen molar-refractivity contribution < 1.29 is 14.3 Å². The number of esters is 1. The SMILES string of the molecule is CCOC(=O)c1c(NC(=O)NC)sc(C)c1C. The zero-order valence-electron chi connectivity index (χ0n) is 10.3. The molecule has 0 bridgehead atoms. The minimum absolute atomic E-state index is 0.312. The molecule has 0 atom stereocenters. The van der Waals surface area contributed by atoms with Crippen LogP contribution in [0.25, 0.3) is 0 Å². The van der Waals surface area contributed by atoms with E-state index in [1.54, 1.807) is 6.92 Å². The van der Waals surface area contributed by atoms with E-state index in [0.29, 0.717) is 17.2 Å². The predicted molar refractivity (Wildman–Crippen MR) is 67.8 cm³/mol. The molecule has 0 aliphatic carbocycles. The lowest BCUT2D eigenvalue weighted by atomic mass is 10.1. The largest absolute Gasteiger partial charge is 0.462 e. The fourth-order valence-electron chi connectivity index (χ4n) is 1.33. The molecule has 0 saturated heterocycles. The summed E-state index contributed by atoms with van der Waals surface area (Å²) in [4.78, 5) is 24.0. The Kier molecular flexibility index (Phi) is 4.51. The second kappa shape index (κ2) is 5.67. The van der Waals surface area contributed by atoms with Crippen LogP contribution >= 0.6 is 11.3 Å². The predicted octanol–water partition coefficient (Wildman–Crippen LogP) is 2.29. The van der Waals surface area contributed by atoms with Gasteiger partial charge < -0.3 is 10.1 Å². The number of amides is 2. The van der Waals surface area contributed by atoms with Crippen molar-refractivity contribution in [1.29, 1.82) is 0 Å². The molecule has 1 aromatic rings. The molecule has 0 spiro atoms. The topological polar surface area (TPSA) is 67.4 Å². The molecule has 1 heterocycles. The highest BCUT2D eigenvalue weighted by molar-refractivity contribution is 7.16. The molecule has 0 aliphatic rings. The molecule has 0 fully saturated rings. The third-order valence-electron chi connectivity index (χ3n) is 2.32. The number of anilines is 1. The number of nitrogens with one attached hydrogen (secondary N) is 2. The molecule has 2 amide bonds. The number of thiophene rings is 1. The summed E-state index contributed by atoms with van der Waals surface area (Å²) in [5, 5.41) is 5.60. The number of aryl methyl sites for hydroxylation is 1. The van der Waals surface area contributed by atoms with Crippen molar-refractivity contribution in [2.45, 2.75) is 20.8 Å².